The van der Waals surface area contributed by atoms with Gasteiger partial charge in [0.2, 0.25) is 0 Å². The molecule has 4 atom stereocenters. The molecule has 140 valence electrons. The van der Waals surface area contributed by atoms with Gasteiger partial charge >= 0.3 is 0 Å². The molecule has 1 aromatic carbocycles. The largest absolute Gasteiger partial charge is 0.496 e. The molecule has 2 heterocycles. The Morgan fingerprint density at radius 1 is 1.23 bits per heavy atom. The van der Waals surface area contributed by atoms with Crippen LogP contribution in [0, 0.1) is 23.5 Å². The van der Waals surface area contributed by atoms with E-state index in [4.69, 9.17) is 4.74 Å². The third kappa shape index (κ3) is 3.07. The Morgan fingerprint density at radius 2 is 2.00 bits per heavy atom. The maximum atomic E-state index is 14.2. The molecule has 1 aliphatic carbocycles. The van der Waals surface area contributed by atoms with Crippen molar-refractivity contribution in [3.8, 4) is 5.75 Å². The number of aromatic nitrogens is 3. The van der Waals surface area contributed by atoms with Crippen molar-refractivity contribution in [1.82, 2.24) is 19.7 Å². The van der Waals surface area contributed by atoms with Crippen LogP contribution in [0.15, 0.2) is 24.8 Å². The SMILES string of the molecule is COc1ccc(F)c(F)c1CN1C[C@H]2C[C@@H](n3cncn3)[C@H](O)C[C@H]2C1. The van der Waals surface area contributed by atoms with Crippen molar-refractivity contribution in [3.05, 3.63) is 42.0 Å². The summed E-state index contributed by atoms with van der Waals surface area (Å²) in [7, 11) is 1.46. The highest BCUT2D eigenvalue weighted by atomic mass is 19.2. The van der Waals surface area contributed by atoms with Crippen LogP contribution < -0.4 is 4.74 Å². The number of aliphatic hydroxyl groups excluding tert-OH is 1. The first-order chi connectivity index (χ1) is 12.6. The van der Waals surface area contributed by atoms with Crippen LogP contribution >= 0.6 is 0 Å². The normalized spacial score (nSPS) is 28.9. The Labute approximate surface area is 150 Å². The van der Waals surface area contributed by atoms with Gasteiger partial charge in [0.15, 0.2) is 11.6 Å². The van der Waals surface area contributed by atoms with Gasteiger partial charge in [-0.15, -0.1) is 0 Å². The quantitative estimate of drug-likeness (QED) is 0.899. The molecule has 1 aliphatic heterocycles. The number of aliphatic hydroxyl groups is 1. The van der Waals surface area contributed by atoms with Gasteiger partial charge in [0.25, 0.3) is 0 Å². The fourth-order valence-electron chi connectivity index (χ4n) is 4.44. The zero-order chi connectivity index (χ0) is 18.3. The number of rotatable bonds is 4. The van der Waals surface area contributed by atoms with Crippen molar-refractivity contribution >= 4 is 0 Å². The Morgan fingerprint density at radius 3 is 2.69 bits per heavy atom. The van der Waals surface area contributed by atoms with E-state index < -0.39 is 17.7 Å². The number of benzene rings is 1. The maximum Gasteiger partial charge on any atom is 0.167 e. The van der Waals surface area contributed by atoms with E-state index in [2.05, 4.69) is 15.0 Å². The molecule has 0 radical (unpaired) electrons. The third-order valence-corrected chi connectivity index (χ3v) is 5.72. The van der Waals surface area contributed by atoms with Gasteiger partial charge in [-0.3, -0.25) is 4.90 Å². The monoisotopic (exact) mass is 364 g/mol. The lowest BCUT2D eigenvalue weighted by molar-refractivity contribution is 0.0304. The van der Waals surface area contributed by atoms with Crippen LogP contribution in [0.3, 0.4) is 0 Å². The molecule has 1 aromatic heterocycles. The molecule has 0 bridgehead atoms. The highest BCUT2D eigenvalue weighted by Crippen LogP contribution is 2.41. The maximum absolute atomic E-state index is 14.2. The van der Waals surface area contributed by atoms with Gasteiger partial charge in [-0.05, 0) is 36.8 Å². The summed E-state index contributed by atoms with van der Waals surface area (Å²) in [5.41, 5.74) is 0.250. The van der Waals surface area contributed by atoms with Gasteiger partial charge in [0, 0.05) is 25.2 Å². The number of ether oxygens (including phenoxy) is 1. The standard InChI is InChI=1S/C18H22F2N4O2/c1-26-17-3-2-14(19)18(20)13(17)8-23-6-11-4-15(24-10-21-9-22-24)16(25)5-12(11)7-23/h2-3,9-12,15-16,25H,4-8H2,1H3/t11-,12+,15-,16-/m1/s1. The average molecular weight is 364 g/mol. The Kier molecular flexibility index (Phi) is 4.62. The Hall–Kier alpha value is -2.06. The number of nitrogens with zero attached hydrogens (tertiary/aromatic N) is 4. The highest BCUT2D eigenvalue weighted by Gasteiger charge is 2.42. The predicted molar refractivity (Wildman–Crippen MR) is 89.5 cm³/mol. The summed E-state index contributed by atoms with van der Waals surface area (Å²) in [6.07, 6.45) is 4.11. The lowest BCUT2D eigenvalue weighted by atomic mass is 9.77. The van der Waals surface area contributed by atoms with Crippen molar-refractivity contribution in [2.75, 3.05) is 20.2 Å². The first-order valence-electron chi connectivity index (χ1n) is 8.82. The molecule has 2 fully saturated rings. The van der Waals surface area contributed by atoms with E-state index in [1.54, 1.807) is 11.0 Å². The van der Waals surface area contributed by atoms with Crippen LogP contribution in [0.5, 0.6) is 5.75 Å². The van der Waals surface area contributed by atoms with Gasteiger partial charge in [-0.2, -0.15) is 5.10 Å². The summed E-state index contributed by atoms with van der Waals surface area (Å²) in [4.78, 5) is 6.08. The summed E-state index contributed by atoms with van der Waals surface area (Å²) in [5.74, 6) is -0.624. The van der Waals surface area contributed by atoms with Gasteiger partial charge in [-0.25, -0.2) is 18.4 Å². The van der Waals surface area contributed by atoms with Gasteiger partial charge in [-0.1, -0.05) is 0 Å². The van der Waals surface area contributed by atoms with E-state index in [0.717, 1.165) is 25.6 Å². The topological polar surface area (TPSA) is 63.4 Å². The second-order valence-corrected chi connectivity index (χ2v) is 7.24. The Balaban J connectivity index is 1.49. The fraction of sp³-hybridized carbons (Fsp3) is 0.556. The minimum absolute atomic E-state index is 0.0841. The van der Waals surface area contributed by atoms with Gasteiger partial charge < -0.3 is 9.84 Å². The number of fused-ring (bicyclic) bond motifs is 1. The van der Waals surface area contributed by atoms with Crippen molar-refractivity contribution in [2.45, 2.75) is 31.5 Å². The molecule has 1 N–H and O–H groups in total. The molecule has 0 amide bonds. The van der Waals surface area contributed by atoms with Crippen molar-refractivity contribution in [3.63, 3.8) is 0 Å². The van der Waals surface area contributed by atoms with Crippen LogP contribution in [-0.4, -0.2) is 51.1 Å². The minimum Gasteiger partial charge on any atom is -0.496 e. The lowest BCUT2D eigenvalue weighted by Gasteiger charge is -2.35. The zero-order valence-corrected chi connectivity index (χ0v) is 14.6. The number of halogens is 2. The molecule has 0 unspecified atom stereocenters. The molecular weight excluding hydrogens is 342 g/mol. The summed E-state index contributed by atoms with van der Waals surface area (Å²) < 4.78 is 34.8. The second kappa shape index (κ2) is 6.92. The minimum atomic E-state index is -0.862. The van der Waals surface area contributed by atoms with E-state index in [1.807, 2.05) is 0 Å². The predicted octanol–water partition coefficient (Wildman–Crippen LogP) is 2.01. The first kappa shape index (κ1) is 17.4. The second-order valence-electron chi connectivity index (χ2n) is 7.24. The summed E-state index contributed by atoms with van der Waals surface area (Å²) in [6.45, 7) is 1.83. The molecule has 6 nitrogen and oxygen atoms in total. The fourth-order valence-corrected chi connectivity index (χ4v) is 4.44. The van der Waals surface area contributed by atoms with Gasteiger partial charge in [0.1, 0.15) is 18.4 Å². The lowest BCUT2D eigenvalue weighted by Crippen LogP contribution is -2.36. The Bertz CT molecular complexity index is 771. The van der Waals surface area contributed by atoms with Gasteiger partial charge in [0.05, 0.1) is 19.3 Å². The molecule has 0 spiro atoms. The molecule has 1 saturated heterocycles. The first-order valence-corrected chi connectivity index (χ1v) is 8.82. The average Bonchev–Trinajstić information content (AvgIpc) is 3.27. The molecule has 26 heavy (non-hydrogen) atoms. The highest BCUT2D eigenvalue weighted by molar-refractivity contribution is 5.35. The summed E-state index contributed by atoms with van der Waals surface area (Å²) in [6, 6.07) is 2.46. The van der Waals surface area contributed by atoms with Crippen LogP contribution in [0.2, 0.25) is 0 Å². The van der Waals surface area contributed by atoms with E-state index in [-0.39, 0.29) is 11.6 Å². The third-order valence-electron chi connectivity index (χ3n) is 5.72. The van der Waals surface area contributed by atoms with Crippen molar-refractivity contribution in [1.29, 1.82) is 0 Å². The smallest absolute Gasteiger partial charge is 0.167 e. The molecule has 4 rings (SSSR count). The zero-order valence-electron chi connectivity index (χ0n) is 14.6. The molecule has 2 aliphatic rings. The summed E-state index contributed by atoms with van der Waals surface area (Å²) in [5, 5.41) is 14.6. The van der Waals surface area contributed by atoms with Crippen LogP contribution in [0.1, 0.15) is 24.4 Å². The summed E-state index contributed by atoms with van der Waals surface area (Å²) >= 11 is 0. The van der Waals surface area contributed by atoms with Crippen LogP contribution in [0.4, 0.5) is 8.78 Å². The molecule has 8 heteroatoms. The van der Waals surface area contributed by atoms with Crippen LogP contribution in [0.25, 0.3) is 0 Å². The number of hydrogen-bond donors (Lipinski definition) is 1. The van der Waals surface area contributed by atoms with E-state index in [9.17, 15) is 13.9 Å². The number of hydrogen-bond acceptors (Lipinski definition) is 5. The number of likely N-dealkylation sites (tertiary alicyclic amines) is 1. The van der Waals surface area contributed by atoms with Crippen molar-refractivity contribution < 1.29 is 18.6 Å². The van der Waals surface area contributed by atoms with Crippen molar-refractivity contribution in [2.24, 2.45) is 11.8 Å². The molecular formula is C18H22F2N4O2. The molecule has 1 saturated carbocycles. The van der Waals surface area contributed by atoms with Crippen LogP contribution in [-0.2, 0) is 6.54 Å². The number of methoxy groups -OCH3 is 1. The van der Waals surface area contributed by atoms with E-state index in [0.29, 0.717) is 30.6 Å². The van der Waals surface area contributed by atoms with E-state index >= 15 is 0 Å². The van der Waals surface area contributed by atoms with E-state index in [1.165, 1.54) is 19.5 Å². The molecule has 2 aromatic rings.